The largest absolute Gasteiger partial charge is 0.149 e. The first-order valence-electron chi connectivity index (χ1n) is 3.53. The Hall–Kier alpha value is 0.180. The smallest absolute Gasteiger partial charge is 0.0384 e. The maximum Gasteiger partial charge on any atom is 0.0384 e. The Bertz CT molecular complexity index is 152. The molecule has 0 aliphatic carbocycles. The van der Waals surface area contributed by atoms with Crippen LogP contribution in [0.25, 0.3) is 0 Å². The van der Waals surface area contributed by atoms with Crippen molar-refractivity contribution in [2.45, 2.75) is 10.5 Å². The van der Waals surface area contributed by atoms with E-state index >= 15 is 0 Å². The normalized spacial score (nSPS) is 37.6. The van der Waals surface area contributed by atoms with Crippen LogP contribution in [0.15, 0.2) is 24.3 Å². The number of thioether (sulfide) groups is 2. The molecule has 2 aliphatic rings. The molecule has 2 aliphatic heterocycles. The Kier molecular flexibility index (Phi) is 2.10. The standard InChI is InChI=1S/C8H10S2/c1-3-7(9-5-1)8-4-2-6-10-8/h1-4,7-8H,5-6H2. The number of hydrogen-bond donors (Lipinski definition) is 0. The lowest BCUT2D eigenvalue weighted by Gasteiger charge is -2.12. The highest BCUT2D eigenvalue weighted by atomic mass is 32.2. The van der Waals surface area contributed by atoms with Crippen LogP contribution in [-0.2, 0) is 0 Å². The van der Waals surface area contributed by atoms with E-state index in [1.165, 1.54) is 11.5 Å². The van der Waals surface area contributed by atoms with Crippen LogP contribution in [0.4, 0.5) is 0 Å². The second-order valence-electron chi connectivity index (χ2n) is 2.45. The van der Waals surface area contributed by atoms with Gasteiger partial charge in [-0.15, -0.1) is 23.5 Å². The molecule has 0 nitrogen and oxygen atoms in total. The van der Waals surface area contributed by atoms with Crippen molar-refractivity contribution in [3.8, 4) is 0 Å². The third kappa shape index (κ3) is 1.28. The molecule has 54 valence electrons. The molecular weight excluding hydrogens is 160 g/mol. The fraction of sp³-hybridized carbons (Fsp3) is 0.500. The predicted molar refractivity (Wildman–Crippen MR) is 50.8 cm³/mol. The highest BCUT2D eigenvalue weighted by Crippen LogP contribution is 2.33. The molecule has 2 rings (SSSR count). The van der Waals surface area contributed by atoms with Gasteiger partial charge < -0.3 is 0 Å². The maximum absolute atomic E-state index is 2.35. The Morgan fingerprint density at radius 2 is 1.40 bits per heavy atom. The Morgan fingerprint density at radius 3 is 1.70 bits per heavy atom. The van der Waals surface area contributed by atoms with Crippen molar-refractivity contribution < 1.29 is 0 Å². The quantitative estimate of drug-likeness (QED) is 0.554. The van der Waals surface area contributed by atoms with Crippen molar-refractivity contribution in [2.24, 2.45) is 0 Å². The molecule has 2 heteroatoms. The van der Waals surface area contributed by atoms with Crippen molar-refractivity contribution in [1.82, 2.24) is 0 Å². The van der Waals surface area contributed by atoms with Crippen molar-refractivity contribution in [3.63, 3.8) is 0 Å². The zero-order valence-corrected chi connectivity index (χ0v) is 7.33. The molecule has 0 spiro atoms. The molecule has 0 saturated carbocycles. The highest BCUT2D eigenvalue weighted by molar-refractivity contribution is 8.04. The Labute approximate surface area is 70.1 Å². The van der Waals surface area contributed by atoms with E-state index in [-0.39, 0.29) is 0 Å². The first kappa shape index (κ1) is 6.86. The van der Waals surface area contributed by atoms with Gasteiger partial charge in [0.15, 0.2) is 0 Å². The third-order valence-corrected chi connectivity index (χ3v) is 4.36. The molecule has 2 unspecified atom stereocenters. The van der Waals surface area contributed by atoms with Crippen LogP contribution < -0.4 is 0 Å². The molecule has 0 N–H and O–H groups in total. The van der Waals surface area contributed by atoms with Crippen LogP contribution in [-0.4, -0.2) is 22.0 Å². The fourth-order valence-corrected chi connectivity index (χ4v) is 3.60. The summed E-state index contributed by atoms with van der Waals surface area (Å²) < 4.78 is 0. The summed E-state index contributed by atoms with van der Waals surface area (Å²) in [6, 6.07) is 0. The topological polar surface area (TPSA) is 0 Å². The lowest BCUT2D eigenvalue weighted by molar-refractivity contribution is 1.12. The highest BCUT2D eigenvalue weighted by Gasteiger charge is 2.21. The van der Waals surface area contributed by atoms with Gasteiger partial charge in [0.25, 0.3) is 0 Å². The number of hydrogen-bond acceptors (Lipinski definition) is 2. The van der Waals surface area contributed by atoms with E-state index in [1.807, 2.05) is 0 Å². The molecule has 0 fully saturated rings. The van der Waals surface area contributed by atoms with Gasteiger partial charge in [0.05, 0.1) is 0 Å². The minimum absolute atomic E-state index is 0.767. The molecule has 0 aromatic heterocycles. The van der Waals surface area contributed by atoms with Crippen LogP contribution in [0.5, 0.6) is 0 Å². The molecule has 2 heterocycles. The summed E-state index contributed by atoms with van der Waals surface area (Å²) in [5.41, 5.74) is 0. The van der Waals surface area contributed by atoms with Crippen LogP contribution in [0, 0.1) is 0 Å². The van der Waals surface area contributed by atoms with Gasteiger partial charge in [0, 0.05) is 22.0 Å². The molecule has 0 radical (unpaired) electrons. The molecule has 0 amide bonds. The monoisotopic (exact) mass is 170 g/mol. The minimum atomic E-state index is 0.767. The van der Waals surface area contributed by atoms with Crippen LogP contribution >= 0.6 is 23.5 Å². The van der Waals surface area contributed by atoms with E-state index in [0.29, 0.717) is 0 Å². The van der Waals surface area contributed by atoms with Gasteiger partial charge in [-0.3, -0.25) is 0 Å². The Morgan fingerprint density at radius 1 is 0.900 bits per heavy atom. The van der Waals surface area contributed by atoms with E-state index in [2.05, 4.69) is 47.8 Å². The molecular formula is C8H10S2. The van der Waals surface area contributed by atoms with Crippen molar-refractivity contribution in [2.75, 3.05) is 11.5 Å². The summed E-state index contributed by atoms with van der Waals surface area (Å²) >= 11 is 4.11. The van der Waals surface area contributed by atoms with Gasteiger partial charge in [-0.2, -0.15) is 0 Å². The van der Waals surface area contributed by atoms with Gasteiger partial charge in [-0.25, -0.2) is 0 Å². The zero-order valence-electron chi connectivity index (χ0n) is 5.69. The summed E-state index contributed by atoms with van der Waals surface area (Å²) in [6.45, 7) is 0. The van der Waals surface area contributed by atoms with Gasteiger partial charge in [-0.1, -0.05) is 24.3 Å². The van der Waals surface area contributed by atoms with Crippen LogP contribution in [0.3, 0.4) is 0 Å². The minimum Gasteiger partial charge on any atom is -0.149 e. The van der Waals surface area contributed by atoms with Crippen molar-refractivity contribution in [1.29, 1.82) is 0 Å². The zero-order chi connectivity index (χ0) is 6.81. The molecule has 0 bridgehead atoms. The molecule has 0 aromatic carbocycles. The Balaban J connectivity index is 1.98. The van der Waals surface area contributed by atoms with Crippen molar-refractivity contribution >= 4 is 23.5 Å². The average molecular weight is 170 g/mol. The lowest BCUT2D eigenvalue weighted by Crippen LogP contribution is -2.10. The van der Waals surface area contributed by atoms with Crippen molar-refractivity contribution in [3.05, 3.63) is 24.3 Å². The third-order valence-electron chi connectivity index (χ3n) is 1.75. The summed E-state index contributed by atoms with van der Waals surface area (Å²) in [6.07, 6.45) is 9.25. The van der Waals surface area contributed by atoms with E-state index in [0.717, 1.165) is 10.5 Å². The van der Waals surface area contributed by atoms with E-state index in [9.17, 15) is 0 Å². The summed E-state index contributed by atoms with van der Waals surface area (Å²) in [5, 5.41) is 1.53. The second kappa shape index (κ2) is 3.05. The van der Waals surface area contributed by atoms with Gasteiger partial charge in [-0.05, 0) is 0 Å². The van der Waals surface area contributed by atoms with E-state index in [1.54, 1.807) is 0 Å². The van der Waals surface area contributed by atoms with Gasteiger partial charge in [0.1, 0.15) is 0 Å². The van der Waals surface area contributed by atoms with Gasteiger partial charge in [0.2, 0.25) is 0 Å². The maximum atomic E-state index is 2.35. The molecule has 10 heavy (non-hydrogen) atoms. The van der Waals surface area contributed by atoms with Crippen LogP contribution in [0.1, 0.15) is 0 Å². The predicted octanol–water partition coefficient (Wildman–Crippen LogP) is 2.33. The van der Waals surface area contributed by atoms with Gasteiger partial charge >= 0.3 is 0 Å². The van der Waals surface area contributed by atoms with Crippen LogP contribution in [0.2, 0.25) is 0 Å². The summed E-state index contributed by atoms with van der Waals surface area (Å²) in [4.78, 5) is 0. The molecule has 0 saturated heterocycles. The fourth-order valence-electron chi connectivity index (χ4n) is 1.23. The SMILES string of the molecule is C1=CC(C2C=CCS2)SC1. The average Bonchev–Trinajstić information content (AvgIpc) is 2.59. The summed E-state index contributed by atoms with van der Waals surface area (Å²) in [7, 11) is 0. The van der Waals surface area contributed by atoms with E-state index in [4.69, 9.17) is 0 Å². The first-order valence-corrected chi connectivity index (χ1v) is 5.63. The second-order valence-corrected chi connectivity index (χ2v) is 4.87. The summed E-state index contributed by atoms with van der Waals surface area (Å²) in [5.74, 6) is 2.44. The first-order chi connectivity index (χ1) is 4.97. The lowest BCUT2D eigenvalue weighted by atomic mass is 10.2. The van der Waals surface area contributed by atoms with E-state index < -0.39 is 0 Å². The number of rotatable bonds is 1. The molecule has 0 aromatic rings. The molecule has 2 atom stereocenters.